The highest BCUT2D eigenvalue weighted by Gasteiger charge is 2.21. The number of benzene rings is 2. The van der Waals surface area contributed by atoms with Crippen molar-refractivity contribution in [1.82, 2.24) is 14.8 Å². The number of aryl methyl sites for hydroxylation is 1. The Morgan fingerprint density at radius 2 is 1.70 bits per heavy atom. The number of anilines is 1. The van der Waals surface area contributed by atoms with Gasteiger partial charge < -0.3 is 9.64 Å². The van der Waals surface area contributed by atoms with Gasteiger partial charge in [0.25, 0.3) is 0 Å². The lowest BCUT2D eigenvalue weighted by molar-refractivity contribution is 0.122. The first-order chi connectivity index (χ1) is 13.2. The summed E-state index contributed by atoms with van der Waals surface area (Å²) in [7, 11) is 0. The molecular weight excluding hydrogens is 363 g/mol. The van der Waals surface area contributed by atoms with Gasteiger partial charge in [0.05, 0.1) is 18.9 Å². The molecule has 4 rings (SSSR count). The Morgan fingerprint density at radius 1 is 1.00 bits per heavy atom. The third-order valence-corrected chi connectivity index (χ3v) is 5.48. The molecule has 0 bridgehead atoms. The molecule has 0 spiro atoms. The SMILES string of the molecule is Cc1ccc(-n2c(SCc3ccc(F)cc3)nnc2N2CCOCC2)cc1. The van der Waals surface area contributed by atoms with Crippen LogP contribution in [0.1, 0.15) is 11.1 Å². The normalized spacial score (nSPS) is 14.5. The highest BCUT2D eigenvalue weighted by Crippen LogP contribution is 2.29. The first-order valence-corrected chi connectivity index (χ1v) is 9.92. The molecular formula is C20H21FN4OS. The third kappa shape index (κ3) is 4.14. The Labute approximate surface area is 162 Å². The maximum absolute atomic E-state index is 13.1. The summed E-state index contributed by atoms with van der Waals surface area (Å²) < 4.78 is 20.7. The molecule has 3 aromatic rings. The molecule has 0 atom stereocenters. The standard InChI is InChI=1S/C20H21FN4OS/c1-15-2-8-18(9-3-15)25-19(24-10-12-26-13-11-24)22-23-20(25)27-14-16-4-6-17(21)7-5-16/h2-9H,10-14H2,1H3. The van der Waals surface area contributed by atoms with Crippen molar-refractivity contribution in [3.05, 3.63) is 65.5 Å². The second-order valence-corrected chi connectivity index (χ2v) is 7.41. The van der Waals surface area contributed by atoms with Crippen LogP contribution < -0.4 is 4.90 Å². The van der Waals surface area contributed by atoms with Crippen LogP contribution in [0.5, 0.6) is 0 Å². The maximum Gasteiger partial charge on any atom is 0.232 e. The lowest BCUT2D eigenvalue weighted by atomic mass is 10.2. The highest BCUT2D eigenvalue weighted by atomic mass is 32.2. The minimum Gasteiger partial charge on any atom is -0.378 e. The number of nitrogens with zero attached hydrogens (tertiary/aromatic N) is 4. The van der Waals surface area contributed by atoms with E-state index in [4.69, 9.17) is 4.74 Å². The van der Waals surface area contributed by atoms with Crippen molar-refractivity contribution < 1.29 is 9.13 Å². The number of hydrogen-bond acceptors (Lipinski definition) is 5. The van der Waals surface area contributed by atoms with Crippen molar-refractivity contribution in [3.8, 4) is 5.69 Å². The fraction of sp³-hybridized carbons (Fsp3) is 0.300. The monoisotopic (exact) mass is 384 g/mol. The molecule has 2 aromatic carbocycles. The molecule has 0 radical (unpaired) electrons. The molecule has 0 unspecified atom stereocenters. The third-order valence-electron chi connectivity index (χ3n) is 4.48. The zero-order valence-corrected chi connectivity index (χ0v) is 16.0. The van der Waals surface area contributed by atoms with Crippen LogP contribution >= 0.6 is 11.8 Å². The molecule has 1 fully saturated rings. The van der Waals surface area contributed by atoms with E-state index in [2.05, 4.69) is 50.9 Å². The summed E-state index contributed by atoms with van der Waals surface area (Å²) in [5.41, 5.74) is 3.29. The number of halogens is 1. The van der Waals surface area contributed by atoms with Crippen molar-refractivity contribution in [2.24, 2.45) is 0 Å². The number of morpholine rings is 1. The van der Waals surface area contributed by atoms with E-state index in [0.717, 1.165) is 35.4 Å². The van der Waals surface area contributed by atoms with Crippen molar-refractivity contribution >= 4 is 17.7 Å². The Morgan fingerprint density at radius 3 is 2.41 bits per heavy atom. The molecule has 5 nitrogen and oxygen atoms in total. The van der Waals surface area contributed by atoms with Crippen molar-refractivity contribution in [1.29, 1.82) is 0 Å². The predicted octanol–water partition coefficient (Wildman–Crippen LogP) is 3.84. The zero-order valence-electron chi connectivity index (χ0n) is 15.1. The molecule has 1 saturated heterocycles. The summed E-state index contributed by atoms with van der Waals surface area (Å²) >= 11 is 1.60. The van der Waals surface area contributed by atoms with Crippen LogP contribution in [0.3, 0.4) is 0 Å². The maximum atomic E-state index is 13.1. The first-order valence-electron chi connectivity index (χ1n) is 8.93. The van der Waals surface area contributed by atoms with E-state index in [1.54, 1.807) is 23.9 Å². The van der Waals surface area contributed by atoms with Crippen LogP contribution in [0.2, 0.25) is 0 Å². The van der Waals surface area contributed by atoms with Crippen molar-refractivity contribution in [2.75, 3.05) is 31.2 Å². The summed E-state index contributed by atoms with van der Waals surface area (Å²) in [4.78, 5) is 2.21. The number of thioether (sulfide) groups is 1. The van der Waals surface area contributed by atoms with Gasteiger partial charge in [-0.2, -0.15) is 0 Å². The molecule has 7 heteroatoms. The van der Waals surface area contributed by atoms with Crippen molar-refractivity contribution in [2.45, 2.75) is 17.8 Å². The van der Waals surface area contributed by atoms with Gasteiger partial charge in [-0.3, -0.25) is 4.57 Å². The molecule has 0 N–H and O–H groups in total. The Kier molecular flexibility index (Phi) is 5.40. The molecule has 140 valence electrons. The van der Waals surface area contributed by atoms with Crippen LogP contribution in [-0.2, 0) is 10.5 Å². The zero-order chi connectivity index (χ0) is 18.6. The second-order valence-electron chi connectivity index (χ2n) is 6.47. The van der Waals surface area contributed by atoms with Crippen LogP contribution in [0.15, 0.2) is 53.7 Å². The highest BCUT2D eigenvalue weighted by molar-refractivity contribution is 7.98. The van der Waals surface area contributed by atoms with Crippen molar-refractivity contribution in [3.63, 3.8) is 0 Å². The van der Waals surface area contributed by atoms with Gasteiger partial charge in [-0.05, 0) is 36.8 Å². The van der Waals surface area contributed by atoms with E-state index in [-0.39, 0.29) is 5.82 Å². The van der Waals surface area contributed by atoms with E-state index in [0.29, 0.717) is 19.0 Å². The van der Waals surface area contributed by atoms with Gasteiger partial charge in [-0.25, -0.2) is 4.39 Å². The lowest BCUT2D eigenvalue weighted by Gasteiger charge is -2.28. The number of rotatable bonds is 5. The van der Waals surface area contributed by atoms with E-state index < -0.39 is 0 Å². The predicted molar refractivity (Wildman–Crippen MR) is 105 cm³/mol. The fourth-order valence-corrected chi connectivity index (χ4v) is 3.88. The van der Waals surface area contributed by atoms with E-state index in [1.807, 2.05) is 0 Å². The summed E-state index contributed by atoms with van der Waals surface area (Å²) in [6.45, 7) is 5.06. The first kappa shape index (κ1) is 18.0. The largest absolute Gasteiger partial charge is 0.378 e. The van der Waals surface area contributed by atoms with E-state index >= 15 is 0 Å². The average Bonchev–Trinajstić information content (AvgIpc) is 3.13. The number of hydrogen-bond donors (Lipinski definition) is 0. The smallest absolute Gasteiger partial charge is 0.232 e. The number of aromatic nitrogens is 3. The summed E-state index contributed by atoms with van der Waals surface area (Å²) in [5, 5.41) is 9.73. The molecule has 0 aliphatic carbocycles. The minimum atomic E-state index is -0.221. The fourth-order valence-electron chi connectivity index (χ4n) is 2.97. The summed E-state index contributed by atoms with van der Waals surface area (Å²) in [6, 6.07) is 14.9. The van der Waals surface area contributed by atoms with Gasteiger partial charge >= 0.3 is 0 Å². The molecule has 2 heterocycles. The Balaban J connectivity index is 1.64. The molecule has 1 aliphatic heterocycles. The molecule has 1 aromatic heterocycles. The topological polar surface area (TPSA) is 43.2 Å². The van der Waals surface area contributed by atoms with Crippen LogP contribution in [0.25, 0.3) is 5.69 Å². The summed E-state index contributed by atoms with van der Waals surface area (Å²) in [6.07, 6.45) is 0. The van der Waals surface area contributed by atoms with Crippen LogP contribution in [0, 0.1) is 12.7 Å². The molecule has 27 heavy (non-hydrogen) atoms. The van der Waals surface area contributed by atoms with Gasteiger partial charge in [-0.1, -0.05) is 41.6 Å². The van der Waals surface area contributed by atoms with Gasteiger partial charge in [0, 0.05) is 18.8 Å². The molecule has 0 amide bonds. The average molecular weight is 384 g/mol. The lowest BCUT2D eigenvalue weighted by Crippen LogP contribution is -2.37. The Hall–Kier alpha value is -2.38. The summed E-state index contributed by atoms with van der Waals surface area (Å²) in [5.74, 6) is 1.32. The Bertz CT molecular complexity index is 889. The second kappa shape index (κ2) is 8.10. The van der Waals surface area contributed by atoms with Crippen LogP contribution in [-0.4, -0.2) is 41.1 Å². The van der Waals surface area contributed by atoms with E-state index in [9.17, 15) is 4.39 Å². The minimum absolute atomic E-state index is 0.221. The van der Waals surface area contributed by atoms with Crippen LogP contribution in [0.4, 0.5) is 10.3 Å². The quantitative estimate of drug-likeness (QED) is 0.625. The van der Waals surface area contributed by atoms with Gasteiger partial charge in [0.1, 0.15) is 5.82 Å². The molecule has 0 saturated carbocycles. The van der Waals surface area contributed by atoms with Gasteiger partial charge in [0.2, 0.25) is 5.95 Å². The van der Waals surface area contributed by atoms with E-state index in [1.165, 1.54) is 17.7 Å². The van der Waals surface area contributed by atoms with Gasteiger partial charge in [-0.15, -0.1) is 10.2 Å². The molecule has 1 aliphatic rings. The number of ether oxygens (including phenoxy) is 1. The van der Waals surface area contributed by atoms with Gasteiger partial charge in [0.15, 0.2) is 5.16 Å².